The van der Waals surface area contributed by atoms with Crippen LogP contribution in [-0.2, 0) is 7.05 Å². The molecule has 0 amide bonds. The Morgan fingerprint density at radius 3 is 2.60 bits per heavy atom. The highest BCUT2D eigenvalue weighted by atomic mass is 16.5. The van der Waals surface area contributed by atoms with E-state index in [0.717, 1.165) is 34.2 Å². The third-order valence-electron chi connectivity index (χ3n) is 4.61. The second-order valence-electron chi connectivity index (χ2n) is 7.46. The molecule has 0 saturated carbocycles. The molecule has 132 valence electrons. The lowest BCUT2D eigenvalue weighted by Crippen LogP contribution is -2.18. The van der Waals surface area contributed by atoms with Gasteiger partial charge in [-0.2, -0.15) is 0 Å². The van der Waals surface area contributed by atoms with Gasteiger partial charge in [0.15, 0.2) is 0 Å². The van der Waals surface area contributed by atoms with Gasteiger partial charge in [0, 0.05) is 18.1 Å². The van der Waals surface area contributed by atoms with Gasteiger partial charge in [0.1, 0.15) is 5.75 Å². The SMILES string of the molecule is Cc1cc2c3ccc(OC[C@H](C)CC(C)C)cc3c(=O)n(C)c2cn1. The van der Waals surface area contributed by atoms with Crippen molar-refractivity contribution >= 4 is 21.7 Å². The van der Waals surface area contributed by atoms with Crippen molar-refractivity contribution in [3.63, 3.8) is 0 Å². The topological polar surface area (TPSA) is 44.1 Å². The molecular weight excluding hydrogens is 312 g/mol. The van der Waals surface area contributed by atoms with Crippen LogP contribution in [-0.4, -0.2) is 16.2 Å². The number of nitrogens with zero attached hydrogens (tertiary/aromatic N) is 2. The molecule has 2 heterocycles. The van der Waals surface area contributed by atoms with E-state index >= 15 is 0 Å². The van der Waals surface area contributed by atoms with Crippen LogP contribution in [0.3, 0.4) is 0 Å². The van der Waals surface area contributed by atoms with Crippen LogP contribution in [0.5, 0.6) is 5.75 Å². The Kier molecular flexibility index (Phi) is 4.80. The van der Waals surface area contributed by atoms with Crippen molar-refractivity contribution in [1.82, 2.24) is 9.55 Å². The minimum atomic E-state index is -0.0196. The molecule has 1 atom stereocenters. The van der Waals surface area contributed by atoms with E-state index in [1.165, 1.54) is 0 Å². The number of fused-ring (bicyclic) bond motifs is 3. The number of aromatic nitrogens is 2. The van der Waals surface area contributed by atoms with E-state index in [1.54, 1.807) is 17.8 Å². The quantitative estimate of drug-likeness (QED) is 0.645. The molecule has 25 heavy (non-hydrogen) atoms. The van der Waals surface area contributed by atoms with Gasteiger partial charge in [-0.15, -0.1) is 0 Å². The molecule has 0 aliphatic rings. The maximum atomic E-state index is 12.7. The molecule has 0 fully saturated rings. The molecule has 0 bridgehead atoms. The minimum absolute atomic E-state index is 0.0196. The maximum absolute atomic E-state index is 12.7. The highest BCUT2D eigenvalue weighted by Crippen LogP contribution is 2.26. The van der Waals surface area contributed by atoms with Gasteiger partial charge in [-0.1, -0.05) is 20.8 Å². The molecule has 0 aliphatic heterocycles. The number of hydrogen-bond acceptors (Lipinski definition) is 3. The lowest BCUT2D eigenvalue weighted by Gasteiger charge is -2.16. The van der Waals surface area contributed by atoms with E-state index < -0.39 is 0 Å². The summed E-state index contributed by atoms with van der Waals surface area (Å²) < 4.78 is 7.61. The minimum Gasteiger partial charge on any atom is -0.493 e. The number of benzene rings is 1. The van der Waals surface area contributed by atoms with Gasteiger partial charge in [0.25, 0.3) is 5.56 Å². The van der Waals surface area contributed by atoms with Crippen LogP contribution in [0.1, 0.15) is 32.9 Å². The van der Waals surface area contributed by atoms with E-state index in [9.17, 15) is 4.79 Å². The van der Waals surface area contributed by atoms with E-state index in [-0.39, 0.29) is 5.56 Å². The third-order valence-corrected chi connectivity index (χ3v) is 4.61. The molecule has 0 radical (unpaired) electrons. The molecule has 3 aromatic rings. The normalized spacial score (nSPS) is 12.9. The van der Waals surface area contributed by atoms with Gasteiger partial charge < -0.3 is 9.30 Å². The average Bonchev–Trinajstić information content (AvgIpc) is 2.57. The summed E-state index contributed by atoms with van der Waals surface area (Å²) in [7, 11) is 1.79. The summed E-state index contributed by atoms with van der Waals surface area (Å²) >= 11 is 0. The van der Waals surface area contributed by atoms with Crippen molar-refractivity contribution in [3.05, 3.63) is 46.5 Å². The monoisotopic (exact) mass is 338 g/mol. The first-order chi connectivity index (χ1) is 11.9. The summed E-state index contributed by atoms with van der Waals surface area (Å²) in [6, 6.07) is 7.84. The fourth-order valence-corrected chi connectivity index (χ4v) is 3.46. The molecule has 4 heteroatoms. The Bertz CT molecular complexity index is 973. The first-order valence-corrected chi connectivity index (χ1v) is 8.88. The van der Waals surface area contributed by atoms with E-state index in [2.05, 4.69) is 25.8 Å². The lowest BCUT2D eigenvalue weighted by atomic mass is 10.00. The predicted molar refractivity (Wildman–Crippen MR) is 103 cm³/mol. The lowest BCUT2D eigenvalue weighted by molar-refractivity contribution is 0.239. The number of aryl methyl sites for hydroxylation is 2. The van der Waals surface area contributed by atoms with Crippen molar-refractivity contribution in [3.8, 4) is 5.75 Å². The Morgan fingerprint density at radius 1 is 1.12 bits per heavy atom. The van der Waals surface area contributed by atoms with Gasteiger partial charge >= 0.3 is 0 Å². The molecule has 2 aromatic heterocycles. The van der Waals surface area contributed by atoms with Crippen LogP contribution < -0.4 is 10.3 Å². The molecule has 0 aliphatic carbocycles. The second-order valence-corrected chi connectivity index (χ2v) is 7.46. The van der Waals surface area contributed by atoms with Gasteiger partial charge in [0.2, 0.25) is 0 Å². The number of pyridine rings is 2. The zero-order valence-corrected chi connectivity index (χ0v) is 15.7. The van der Waals surface area contributed by atoms with Gasteiger partial charge in [0.05, 0.1) is 23.7 Å². The first-order valence-electron chi connectivity index (χ1n) is 8.88. The summed E-state index contributed by atoms with van der Waals surface area (Å²) in [5.74, 6) is 1.90. The fraction of sp³-hybridized carbons (Fsp3) is 0.429. The van der Waals surface area contributed by atoms with Crippen LogP contribution >= 0.6 is 0 Å². The third kappa shape index (κ3) is 3.53. The highest BCUT2D eigenvalue weighted by molar-refractivity contribution is 6.05. The Labute approximate surface area is 148 Å². The van der Waals surface area contributed by atoms with Crippen LogP contribution in [0.15, 0.2) is 35.3 Å². The molecular formula is C21H26N2O2. The van der Waals surface area contributed by atoms with Crippen LogP contribution in [0, 0.1) is 18.8 Å². The molecule has 3 rings (SSSR count). The van der Waals surface area contributed by atoms with Crippen molar-refractivity contribution < 1.29 is 4.74 Å². The summed E-state index contributed by atoms with van der Waals surface area (Å²) in [5, 5.41) is 2.69. The zero-order chi connectivity index (χ0) is 18.1. The second kappa shape index (κ2) is 6.87. The van der Waals surface area contributed by atoms with Gasteiger partial charge in [-0.05, 0) is 54.8 Å². The fourth-order valence-electron chi connectivity index (χ4n) is 3.46. The number of rotatable bonds is 5. The van der Waals surface area contributed by atoms with Crippen LogP contribution in [0.25, 0.3) is 21.7 Å². The van der Waals surface area contributed by atoms with Gasteiger partial charge in [-0.3, -0.25) is 9.78 Å². The summed E-state index contributed by atoms with van der Waals surface area (Å²) in [6.07, 6.45) is 2.90. The van der Waals surface area contributed by atoms with Crippen LogP contribution in [0.2, 0.25) is 0 Å². The van der Waals surface area contributed by atoms with Crippen molar-refractivity contribution in [2.75, 3.05) is 6.61 Å². The van der Waals surface area contributed by atoms with Gasteiger partial charge in [-0.25, -0.2) is 0 Å². The van der Waals surface area contributed by atoms with E-state index in [1.807, 2.05) is 31.2 Å². The standard InChI is InChI=1S/C21H26N2O2/c1-13(2)8-14(3)12-25-16-6-7-17-18-9-15(4)22-11-20(18)23(5)21(24)19(17)10-16/h6-7,9-11,13-14H,8,12H2,1-5H3/t14-/m1/s1. The Hall–Kier alpha value is -2.36. The molecule has 0 spiro atoms. The van der Waals surface area contributed by atoms with Crippen molar-refractivity contribution in [1.29, 1.82) is 0 Å². The summed E-state index contributed by atoms with van der Waals surface area (Å²) in [6.45, 7) is 9.27. The Balaban J connectivity index is 2.02. The zero-order valence-electron chi connectivity index (χ0n) is 15.7. The smallest absolute Gasteiger partial charge is 0.258 e. The molecule has 0 unspecified atom stereocenters. The first kappa shape index (κ1) is 17.5. The van der Waals surface area contributed by atoms with Crippen molar-refractivity contribution in [2.45, 2.75) is 34.1 Å². The summed E-state index contributed by atoms with van der Waals surface area (Å²) in [4.78, 5) is 17.1. The number of hydrogen-bond donors (Lipinski definition) is 0. The molecule has 4 nitrogen and oxygen atoms in total. The average molecular weight is 338 g/mol. The summed E-state index contributed by atoms with van der Waals surface area (Å²) in [5.41, 5.74) is 1.77. The molecule has 1 aromatic carbocycles. The largest absolute Gasteiger partial charge is 0.493 e. The highest BCUT2D eigenvalue weighted by Gasteiger charge is 2.11. The van der Waals surface area contributed by atoms with E-state index in [0.29, 0.717) is 23.8 Å². The van der Waals surface area contributed by atoms with Crippen LogP contribution in [0.4, 0.5) is 0 Å². The van der Waals surface area contributed by atoms with E-state index in [4.69, 9.17) is 4.74 Å². The maximum Gasteiger partial charge on any atom is 0.258 e. The Morgan fingerprint density at radius 2 is 1.88 bits per heavy atom. The molecule has 0 N–H and O–H groups in total. The number of ether oxygens (including phenoxy) is 1. The molecule has 0 saturated heterocycles. The predicted octanol–water partition coefficient (Wildman–Crippen LogP) is 4.46. The van der Waals surface area contributed by atoms with Crippen molar-refractivity contribution in [2.24, 2.45) is 18.9 Å².